The van der Waals surface area contributed by atoms with Crippen LogP contribution in [0.3, 0.4) is 0 Å². The zero-order valence-corrected chi connectivity index (χ0v) is 20.0. The average Bonchev–Trinajstić information content (AvgIpc) is 3.12. The van der Waals surface area contributed by atoms with E-state index in [1.807, 2.05) is 4.90 Å². The molecule has 2 aromatic rings. The Hall–Kier alpha value is -3.24. The molecule has 2 aliphatic rings. The third-order valence-electron chi connectivity index (χ3n) is 6.14. The monoisotopic (exact) mass is 485 g/mol. The van der Waals surface area contributed by atoms with Gasteiger partial charge in [0, 0.05) is 38.1 Å². The van der Waals surface area contributed by atoms with Gasteiger partial charge in [0.25, 0.3) is 5.91 Å². The van der Waals surface area contributed by atoms with Gasteiger partial charge in [0.05, 0.1) is 35.2 Å². The van der Waals surface area contributed by atoms with Crippen LogP contribution in [0, 0.1) is 0 Å². The first-order valence-corrected chi connectivity index (χ1v) is 13.0. The van der Waals surface area contributed by atoms with Crippen molar-refractivity contribution in [1.82, 2.24) is 4.90 Å². The molecule has 0 radical (unpaired) electrons. The first kappa shape index (κ1) is 23.9. The number of nitrogens with zero attached hydrogens (tertiary/aromatic N) is 3. The fraction of sp³-hybridized carbons (Fsp3) is 0.375. The standard InChI is InChI=1S/C24H27N3O6S/c1-3-33-24(30)17-4-6-19(7-5-17)27-22(28)16-21(23(27)29)26-14-12-25(13-15-26)18-8-10-20(11-9-18)34(2,31)32/h4-11,21H,3,12-16H2,1-2H3/t21-/m1/s1. The number of sulfone groups is 1. The highest BCUT2D eigenvalue weighted by atomic mass is 32.2. The summed E-state index contributed by atoms with van der Waals surface area (Å²) in [5.41, 5.74) is 1.72. The van der Waals surface area contributed by atoms with E-state index in [4.69, 9.17) is 4.74 Å². The van der Waals surface area contributed by atoms with E-state index in [1.54, 1.807) is 55.5 Å². The molecular formula is C24H27N3O6S. The van der Waals surface area contributed by atoms with Gasteiger partial charge in [0.2, 0.25) is 5.91 Å². The number of ether oxygens (including phenoxy) is 1. The molecular weight excluding hydrogens is 458 g/mol. The Labute approximate surface area is 198 Å². The highest BCUT2D eigenvalue weighted by molar-refractivity contribution is 7.90. The van der Waals surface area contributed by atoms with E-state index < -0.39 is 21.8 Å². The van der Waals surface area contributed by atoms with E-state index in [1.165, 1.54) is 11.2 Å². The van der Waals surface area contributed by atoms with Crippen LogP contribution in [-0.2, 0) is 24.2 Å². The molecule has 0 saturated carbocycles. The van der Waals surface area contributed by atoms with Crippen molar-refractivity contribution in [3.8, 4) is 0 Å². The van der Waals surface area contributed by atoms with Crippen molar-refractivity contribution in [2.75, 3.05) is 48.8 Å². The summed E-state index contributed by atoms with van der Waals surface area (Å²) in [6, 6.07) is 12.5. The maximum absolute atomic E-state index is 13.1. The molecule has 180 valence electrons. The SMILES string of the molecule is CCOC(=O)c1ccc(N2C(=O)C[C@@H](N3CCN(c4ccc(S(C)(=O)=O)cc4)CC3)C2=O)cc1. The predicted octanol–water partition coefficient (Wildman–Crippen LogP) is 1.72. The molecule has 2 aromatic carbocycles. The Balaban J connectivity index is 1.39. The maximum Gasteiger partial charge on any atom is 0.338 e. The molecule has 9 nitrogen and oxygen atoms in total. The Morgan fingerprint density at radius 3 is 2.09 bits per heavy atom. The maximum atomic E-state index is 13.1. The number of benzene rings is 2. The summed E-state index contributed by atoms with van der Waals surface area (Å²) in [6.07, 6.45) is 1.29. The van der Waals surface area contributed by atoms with E-state index in [9.17, 15) is 22.8 Å². The van der Waals surface area contributed by atoms with Crippen LogP contribution in [0.25, 0.3) is 0 Å². The average molecular weight is 486 g/mol. The fourth-order valence-corrected chi connectivity index (χ4v) is 4.96. The zero-order valence-electron chi connectivity index (χ0n) is 19.1. The highest BCUT2D eigenvalue weighted by Crippen LogP contribution is 2.28. The van der Waals surface area contributed by atoms with Crippen LogP contribution < -0.4 is 9.80 Å². The second-order valence-corrected chi connectivity index (χ2v) is 10.4. The summed E-state index contributed by atoms with van der Waals surface area (Å²) >= 11 is 0. The molecule has 2 aliphatic heterocycles. The number of amides is 2. The predicted molar refractivity (Wildman–Crippen MR) is 127 cm³/mol. The van der Waals surface area contributed by atoms with Gasteiger partial charge in [-0.3, -0.25) is 14.5 Å². The van der Waals surface area contributed by atoms with Gasteiger partial charge in [0.1, 0.15) is 0 Å². The smallest absolute Gasteiger partial charge is 0.338 e. The van der Waals surface area contributed by atoms with Crippen molar-refractivity contribution in [2.24, 2.45) is 0 Å². The van der Waals surface area contributed by atoms with Gasteiger partial charge in [-0.1, -0.05) is 0 Å². The molecule has 10 heteroatoms. The quantitative estimate of drug-likeness (QED) is 0.450. The Morgan fingerprint density at radius 2 is 1.53 bits per heavy atom. The molecule has 0 aliphatic carbocycles. The minimum Gasteiger partial charge on any atom is -0.462 e. The number of piperazine rings is 1. The first-order valence-electron chi connectivity index (χ1n) is 11.1. The molecule has 0 aromatic heterocycles. The fourth-order valence-electron chi connectivity index (χ4n) is 4.33. The van der Waals surface area contributed by atoms with E-state index >= 15 is 0 Å². The lowest BCUT2D eigenvalue weighted by Gasteiger charge is -2.38. The summed E-state index contributed by atoms with van der Waals surface area (Å²) in [7, 11) is -3.24. The number of esters is 1. The lowest BCUT2D eigenvalue weighted by atomic mass is 10.1. The molecule has 2 fully saturated rings. The van der Waals surface area contributed by atoms with Crippen LogP contribution in [0.2, 0.25) is 0 Å². The minimum absolute atomic E-state index is 0.113. The van der Waals surface area contributed by atoms with Gasteiger partial charge >= 0.3 is 5.97 Å². The van der Waals surface area contributed by atoms with Crippen molar-refractivity contribution in [1.29, 1.82) is 0 Å². The molecule has 0 spiro atoms. The molecule has 0 N–H and O–H groups in total. The van der Waals surface area contributed by atoms with Gasteiger partial charge in [-0.25, -0.2) is 18.1 Å². The van der Waals surface area contributed by atoms with Crippen LogP contribution in [0.1, 0.15) is 23.7 Å². The Bertz CT molecular complexity index is 1190. The summed E-state index contributed by atoms with van der Waals surface area (Å²) in [4.78, 5) is 43.3. The van der Waals surface area contributed by atoms with Crippen molar-refractivity contribution in [3.63, 3.8) is 0 Å². The number of carbonyl (C=O) groups is 3. The minimum atomic E-state index is -3.24. The normalized spacial score (nSPS) is 19.5. The molecule has 34 heavy (non-hydrogen) atoms. The van der Waals surface area contributed by atoms with E-state index in [0.29, 0.717) is 37.4 Å². The largest absolute Gasteiger partial charge is 0.462 e. The zero-order chi connectivity index (χ0) is 24.5. The number of anilines is 2. The second-order valence-electron chi connectivity index (χ2n) is 8.34. The van der Waals surface area contributed by atoms with Gasteiger partial charge in [0.15, 0.2) is 9.84 Å². The third kappa shape index (κ3) is 4.83. The Kier molecular flexibility index (Phi) is 6.72. The number of rotatable bonds is 6. The number of hydrogen-bond donors (Lipinski definition) is 0. The van der Waals surface area contributed by atoms with E-state index in [2.05, 4.69) is 4.90 Å². The lowest BCUT2D eigenvalue weighted by molar-refractivity contribution is -0.123. The van der Waals surface area contributed by atoms with Crippen LogP contribution >= 0.6 is 0 Å². The lowest BCUT2D eigenvalue weighted by Crippen LogP contribution is -2.52. The third-order valence-corrected chi connectivity index (χ3v) is 7.27. The van der Waals surface area contributed by atoms with Crippen molar-refractivity contribution >= 4 is 39.0 Å². The molecule has 2 saturated heterocycles. The van der Waals surface area contributed by atoms with Gasteiger partial charge < -0.3 is 9.64 Å². The van der Waals surface area contributed by atoms with Crippen molar-refractivity contribution in [3.05, 3.63) is 54.1 Å². The molecule has 1 atom stereocenters. The van der Waals surface area contributed by atoms with E-state index in [0.717, 1.165) is 5.69 Å². The number of hydrogen-bond acceptors (Lipinski definition) is 8. The van der Waals surface area contributed by atoms with Crippen LogP contribution in [0.5, 0.6) is 0 Å². The van der Waals surface area contributed by atoms with E-state index in [-0.39, 0.29) is 29.7 Å². The molecule has 2 amide bonds. The number of imide groups is 1. The summed E-state index contributed by atoms with van der Waals surface area (Å²) in [5.74, 6) is -0.979. The van der Waals surface area contributed by atoms with Crippen molar-refractivity contribution in [2.45, 2.75) is 24.3 Å². The first-order chi connectivity index (χ1) is 16.2. The van der Waals surface area contributed by atoms with Gasteiger partial charge in [-0.05, 0) is 55.5 Å². The summed E-state index contributed by atoms with van der Waals surface area (Å²) < 4.78 is 28.3. The Morgan fingerprint density at radius 1 is 0.941 bits per heavy atom. The second kappa shape index (κ2) is 9.55. The van der Waals surface area contributed by atoms with Crippen LogP contribution in [0.4, 0.5) is 11.4 Å². The van der Waals surface area contributed by atoms with Crippen LogP contribution in [0.15, 0.2) is 53.4 Å². The summed E-state index contributed by atoms with van der Waals surface area (Å²) in [6.45, 7) is 4.52. The molecule has 0 unspecified atom stereocenters. The molecule has 2 heterocycles. The van der Waals surface area contributed by atoms with Crippen LogP contribution in [-0.4, -0.2) is 76.2 Å². The van der Waals surface area contributed by atoms with Gasteiger partial charge in [-0.15, -0.1) is 0 Å². The summed E-state index contributed by atoms with van der Waals surface area (Å²) in [5, 5.41) is 0. The topological polar surface area (TPSA) is 104 Å². The van der Waals surface area contributed by atoms with Crippen molar-refractivity contribution < 1.29 is 27.5 Å². The molecule has 0 bridgehead atoms. The molecule has 4 rings (SSSR count). The number of carbonyl (C=O) groups excluding carboxylic acids is 3. The van der Waals surface area contributed by atoms with Gasteiger partial charge in [-0.2, -0.15) is 0 Å². The highest BCUT2D eigenvalue weighted by Gasteiger charge is 2.43.